The van der Waals surface area contributed by atoms with Crippen LogP contribution in [0.25, 0.3) is 0 Å². The molecule has 3 heterocycles. The summed E-state index contributed by atoms with van der Waals surface area (Å²) in [4.78, 5) is 12.6. The normalized spacial score (nSPS) is 20.3. The lowest BCUT2D eigenvalue weighted by molar-refractivity contribution is -0.131. The molecule has 25 heavy (non-hydrogen) atoms. The minimum absolute atomic E-state index is 0.201. The van der Waals surface area contributed by atoms with Crippen LogP contribution in [0.4, 0.5) is 0 Å². The number of hydrogen-bond donors (Lipinski definition) is 1. The predicted molar refractivity (Wildman–Crippen MR) is 90.5 cm³/mol. The molecule has 1 aromatic heterocycles. The van der Waals surface area contributed by atoms with Crippen molar-refractivity contribution in [2.24, 2.45) is 0 Å². The molecule has 4 rings (SSSR count). The lowest BCUT2D eigenvalue weighted by Gasteiger charge is -2.26. The summed E-state index contributed by atoms with van der Waals surface area (Å²) in [7, 11) is 0. The third-order valence-corrected chi connectivity index (χ3v) is 4.69. The van der Waals surface area contributed by atoms with E-state index in [-0.39, 0.29) is 18.6 Å². The Balaban J connectivity index is 1.44. The van der Waals surface area contributed by atoms with Crippen molar-refractivity contribution in [3.05, 3.63) is 35.9 Å². The summed E-state index contributed by atoms with van der Waals surface area (Å²) in [5, 5.41) is 11.6. The molecule has 0 radical (unpaired) electrons. The number of nitrogens with one attached hydrogen (secondary N) is 1. The highest BCUT2D eigenvalue weighted by molar-refractivity contribution is 5.82. The van der Waals surface area contributed by atoms with Gasteiger partial charge in [-0.2, -0.15) is 0 Å². The van der Waals surface area contributed by atoms with E-state index in [1.165, 1.54) is 6.42 Å². The Hall–Kier alpha value is -2.57. The third kappa shape index (κ3) is 3.18. The van der Waals surface area contributed by atoms with Crippen LogP contribution in [-0.4, -0.2) is 33.4 Å². The second-order valence-corrected chi connectivity index (χ2v) is 6.53. The first-order chi connectivity index (χ1) is 12.2. The van der Waals surface area contributed by atoms with Gasteiger partial charge in [0.05, 0.1) is 6.04 Å². The van der Waals surface area contributed by atoms with Crippen molar-refractivity contribution in [1.82, 2.24) is 20.1 Å². The fourth-order valence-corrected chi connectivity index (χ4v) is 3.35. The summed E-state index contributed by atoms with van der Waals surface area (Å²) in [5.74, 6) is 2.88. The van der Waals surface area contributed by atoms with Crippen LogP contribution in [0, 0.1) is 0 Å². The zero-order valence-electron chi connectivity index (χ0n) is 14.3. The molecule has 0 fully saturated rings. The van der Waals surface area contributed by atoms with Crippen molar-refractivity contribution in [2.45, 2.75) is 51.3 Å². The first-order valence-corrected chi connectivity index (χ1v) is 8.83. The minimum Gasteiger partial charge on any atom is -0.485 e. The van der Waals surface area contributed by atoms with E-state index in [0.717, 1.165) is 37.5 Å². The van der Waals surface area contributed by atoms with Crippen molar-refractivity contribution in [3.8, 4) is 11.5 Å². The smallest absolute Gasteiger partial charge is 0.265 e. The first-order valence-electron chi connectivity index (χ1n) is 8.83. The van der Waals surface area contributed by atoms with Crippen LogP contribution in [-0.2, 0) is 17.8 Å². The average Bonchev–Trinajstić information content (AvgIpc) is 2.90. The number of carbonyl (C=O) groups is 1. The molecule has 1 aromatic carbocycles. The number of aromatic nitrogens is 3. The second kappa shape index (κ2) is 6.74. The highest BCUT2D eigenvalue weighted by Gasteiger charge is 2.29. The highest BCUT2D eigenvalue weighted by Crippen LogP contribution is 2.31. The molecule has 0 aliphatic carbocycles. The molecule has 7 heteroatoms. The quantitative estimate of drug-likeness (QED) is 0.923. The number of hydrogen-bond acceptors (Lipinski definition) is 5. The van der Waals surface area contributed by atoms with Crippen molar-refractivity contribution in [3.63, 3.8) is 0 Å². The molecule has 132 valence electrons. The fourth-order valence-electron chi connectivity index (χ4n) is 3.35. The Labute approximate surface area is 146 Å². The molecule has 1 N–H and O–H groups in total. The number of aryl methyl sites for hydroxylation is 1. The highest BCUT2D eigenvalue weighted by atomic mass is 16.6. The van der Waals surface area contributed by atoms with Gasteiger partial charge in [0.15, 0.2) is 17.3 Å². The standard InChI is InChI=1S/C18H22N4O3/c1-12(17-21-20-16-9-3-2-6-10-22(16)17)19-18(23)15-11-24-13-7-4-5-8-14(13)25-15/h4-5,7-8,12,15H,2-3,6,9-11H2,1H3,(H,19,23)/t12-,15+/m0/s1. The summed E-state index contributed by atoms with van der Waals surface area (Å²) in [6.45, 7) is 3.04. The van der Waals surface area contributed by atoms with Crippen molar-refractivity contribution in [1.29, 1.82) is 0 Å². The van der Waals surface area contributed by atoms with Crippen LogP contribution in [0.1, 0.15) is 43.9 Å². The maximum Gasteiger partial charge on any atom is 0.265 e. The lowest BCUT2D eigenvalue weighted by atomic mass is 10.2. The van der Waals surface area contributed by atoms with Crippen molar-refractivity contribution >= 4 is 5.91 Å². The molecule has 0 unspecified atom stereocenters. The number of fused-ring (bicyclic) bond motifs is 2. The first kappa shape index (κ1) is 15.9. The largest absolute Gasteiger partial charge is 0.485 e. The number of para-hydroxylation sites is 2. The van der Waals surface area contributed by atoms with Gasteiger partial charge in [0.1, 0.15) is 12.4 Å². The van der Waals surface area contributed by atoms with Gasteiger partial charge < -0.3 is 19.4 Å². The molecular weight excluding hydrogens is 320 g/mol. The Bertz CT molecular complexity index is 773. The topological polar surface area (TPSA) is 78.3 Å². The van der Waals surface area contributed by atoms with Gasteiger partial charge in [-0.05, 0) is 31.9 Å². The molecule has 0 saturated heterocycles. The summed E-state index contributed by atoms with van der Waals surface area (Å²) < 4.78 is 13.5. The number of carbonyl (C=O) groups excluding carboxylic acids is 1. The minimum atomic E-state index is -0.663. The molecule has 0 spiro atoms. The van der Waals surface area contributed by atoms with Gasteiger partial charge in [-0.3, -0.25) is 4.79 Å². The third-order valence-electron chi connectivity index (χ3n) is 4.69. The summed E-state index contributed by atoms with van der Waals surface area (Å²) in [6, 6.07) is 7.14. The van der Waals surface area contributed by atoms with Crippen LogP contribution in [0.2, 0.25) is 0 Å². The zero-order chi connectivity index (χ0) is 17.2. The number of benzene rings is 1. The maximum absolute atomic E-state index is 12.6. The summed E-state index contributed by atoms with van der Waals surface area (Å²) in [6.07, 6.45) is 3.75. The molecule has 7 nitrogen and oxygen atoms in total. The maximum atomic E-state index is 12.6. The van der Waals surface area contributed by atoms with E-state index in [2.05, 4.69) is 20.1 Å². The van der Waals surface area contributed by atoms with Crippen LogP contribution < -0.4 is 14.8 Å². The molecule has 1 amide bonds. The summed E-state index contributed by atoms with van der Waals surface area (Å²) >= 11 is 0. The number of ether oxygens (including phenoxy) is 2. The lowest BCUT2D eigenvalue weighted by Crippen LogP contribution is -2.45. The SMILES string of the molecule is C[C@H](NC(=O)[C@H]1COc2ccccc2O1)c1nnc2n1CCCCC2. The van der Waals surface area contributed by atoms with Gasteiger partial charge in [-0.1, -0.05) is 18.6 Å². The number of nitrogens with zero attached hydrogens (tertiary/aromatic N) is 3. The van der Waals surface area contributed by atoms with Crippen molar-refractivity contribution < 1.29 is 14.3 Å². The van der Waals surface area contributed by atoms with E-state index in [1.807, 2.05) is 25.1 Å². The summed E-state index contributed by atoms with van der Waals surface area (Å²) in [5.41, 5.74) is 0. The fraction of sp³-hybridized carbons (Fsp3) is 0.500. The molecule has 2 aromatic rings. The second-order valence-electron chi connectivity index (χ2n) is 6.53. The molecule has 0 bridgehead atoms. The Morgan fingerprint density at radius 1 is 1.24 bits per heavy atom. The molecule has 0 saturated carbocycles. The van der Waals surface area contributed by atoms with Gasteiger partial charge in [0.2, 0.25) is 6.10 Å². The Morgan fingerprint density at radius 2 is 2.08 bits per heavy atom. The number of amides is 1. The van der Waals surface area contributed by atoms with Gasteiger partial charge >= 0.3 is 0 Å². The Kier molecular flexibility index (Phi) is 4.29. The van der Waals surface area contributed by atoms with Gasteiger partial charge in [0.25, 0.3) is 5.91 Å². The van der Waals surface area contributed by atoms with Crippen molar-refractivity contribution in [2.75, 3.05) is 6.61 Å². The molecular formula is C18H22N4O3. The van der Waals surface area contributed by atoms with E-state index in [0.29, 0.717) is 11.5 Å². The van der Waals surface area contributed by atoms with E-state index in [9.17, 15) is 4.79 Å². The molecule has 2 atom stereocenters. The average molecular weight is 342 g/mol. The van der Waals surface area contributed by atoms with E-state index < -0.39 is 6.10 Å². The van der Waals surface area contributed by atoms with E-state index >= 15 is 0 Å². The van der Waals surface area contributed by atoms with Crippen LogP contribution in [0.5, 0.6) is 11.5 Å². The Morgan fingerprint density at radius 3 is 2.96 bits per heavy atom. The molecule has 2 aliphatic rings. The monoisotopic (exact) mass is 342 g/mol. The van der Waals surface area contributed by atoms with Gasteiger partial charge in [-0.25, -0.2) is 0 Å². The number of rotatable bonds is 3. The molecule has 2 aliphatic heterocycles. The van der Waals surface area contributed by atoms with Crippen LogP contribution in [0.3, 0.4) is 0 Å². The predicted octanol–water partition coefficient (Wildman–Crippen LogP) is 2.02. The van der Waals surface area contributed by atoms with E-state index in [4.69, 9.17) is 9.47 Å². The van der Waals surface area contributed by atoms with Gasteiger partial charge in [-0.15, -0.1) is 10.2 Å². The van der Waals surface area contributed by atoms with Crippen LogP contribution >= 0.6 is 0 Å². The zero-order valence-corrected chi connectivity index (χ0v) is 14.3. The van der Waals surface area contributed by atoms with Crippen LogP contribution in [0.15, 0.2) is 24.3 Å². The van der Waals surface area contributed by atoms with E-state index in [1.54, 1.807) is 6.07 Å². The van der Waals surface area contributed by atoms with Gasteiger partial charge in [0, 0.05) is 13.0 Å².